The predicted octanol–water partition coefficient (Wildman–Crippen LogP) is 2.80. The average Bonchev–Trinajstić information content (AvgIpc) is 2.55. The van der Waals surface area contributed by atoms with E-state index in [4.69, 9.17) is 0 Å². The van der Waals surface area contributed by atoms with E-state index in [0.717, 1.165) is 12.5 Å². The maximum atomic E-state index is 3.56. The lowest BCUT2D eigenvalue weighted by Crippen LogP contribution is -2.17. The first-order valence-corrected chi connectivity index (χ1v) is 6.36. The summed E-state index contributed by atoms with van der Waals surface area (Å²) in [7, 11) is 0. The molecule has 2 nitrogen and oxygen atoms in total. The van der Waals surface area contributed by atoms with Crippen molar-refractivity contribution in [3.63, 3.8) is 0 Å². The lowest BCUT2D eigenvalue weighted by atomic mass is 10.0. The van der Waals surface area contributed by atoms with Crippen molar-refractivity contribution in [1.82, 2.24) is 5.32 Å². The van der Waals surface area contributed by atoms with Gasteiger partial charge in [0.2, 0.25) is 0 Å². The van der Waals surface area contributed by atoms with E-state index in [9.17, 15) is 0 Å². The second kappa shape index (κ2) is 5.90. The molecule has 0 amide bonds. The van der Waals surface area contributed by atoms with Crippen molar-refractivity contribution in [2.45, 2.75) is 26.2 Å². The standard InChI is InChI=1S/C14H22N2/c1-12-4-2-6-14(10-12)16-11-13-5-3-8-15-9-7-13/h2,4,6,10,13,15-16H,3,5,7-9,11H2,1H3. The van der Waals surface area contributed by atoms with Crippen molar-refractivity contribution in [2.24, 2.45) is 5.92 Å². The van der Waals surface area contributed by atoms with Crippen molar-refractivity contribution in [3.05, 3.63) is 29.8 Å². The van der Waals surface area contributed by atoms with Gasteiger partial charge in [-0.3, -0.25) is 0 Å². The van der Waals surface area contributed by atoms with E-state index >= 15 is 0 Å². The van der Waals surface area contributed by atoms with Crippen LogP contribution in [0.5, 0.6) is 0 Å². The van der Waals surface area contributed by atoms with E-state index in [1.807, 2.05) is 0 Å². The quantitative estimate of drug-likeness (QED) is 0.815. The summed E-state index contributed by atoms with van der Waals surface area (Å²) in [5.74, 6) is 0.829. The first-order chi connectivity index (χ1) is 7.84. The van der Waals surface area contributed by atoms with Crippen LogP contribution in [0, 0.1) is 12.8 Å². The molecule has 1 aliphatic rings. The van der Waals surface area contributed by atoms with Crippen LogP contribution in [0.15, 0.2) is 24.3 Å². The molecule has 1 saturated heterocycles. The molecule has 1 heterocycles. The Morgan fingerprint density at radius 3 is 3.12 bits per heavy atom. The minimum atomic E-state index is 0.829. The first kappa shape index (κ1) is 11.5. The fourth-order valence-corrected chi connectivity index (χ4v) is 2.31. The Kier molecular flexibility index (Phi) is 4.23. The largest absolute Gasteiger partial charge is 0.385 e. The third-order valence-corrected chi connectivity index (χ3v) is 3.31. The lowest BCUT2D eigenvalue weighted by Gasteiger charge is -2.15. The number of hydrogen-bond donors (Lipinski definition) is 2. The van der Waals surface area contributed by atoms with Gasteiger partial charge in [-0.2, -0.15) is 0 Å². The lowest BCUT2D eigenvalue weighted by molar-refractivity contribution is 0.496. The number of nitrogens with one attached hydrogen (secondary N) is 2. The van der Waals surface area contributed by atoms with Crippen molar-refractivity contribution < 1.29 is 0 Å². The van der Waals surface area contributed by atoms with Gasteiger partial charge in [0.15, 0.2) is 0 Å². The fraction of sp³-hybridized carbons (Fsp3) is 0.571. The maximum absolute atomic E-state index is 3.56. The Morgan fingerprint density at radius 1 is 1.31 bits per heavy atom. The third kappa shape index (κ3) is 3.53. The van der Waals surface area contributed by atoms with Crippen molar-refractivity contribution in [3.8, 4) is 0 Å². The molecule has 2 heteroatoms. The Bertz CT molecular complexity index is 314. The Balaban J connectivity index is 1.81. The molecule has 1 unspecified atom stereocenters. The molecule has 0 aromatic heterocycles. The molecule has 16 heavy (non-hydrogen) atoms. The van der Waals surface area contributed by atoms with Crippen molar-refractivity contribution in [1.29, 1.82) is 0 Å². The van der Waals surface area contributed by atoms with Gasteiger partial charge in [-0.05, 0) is 62.9 Å². The highest BCUT2D eigenvalue weighted by atomic mass is 14.9. The summed E-state index contributed by atoms with van der Waals surface area (Å²) in [6.07, 6.45) is 3.98. The van der Waals surface area contributed by atoms with E-state index in [1.54, 1.807) is 0 Å². The molecular weight excluding hydrogens is 196 g/mol. The van der Waals surface area contributed by atoms with Crippen LogP contribution < -0.4 is 10.6 Å². The minimum absolute atomic E-state index is 0.829. The molecule has 0 aliphatic carbocycles. The molecule has 1 atom stereocenters. The number of anilines is 1. The Morgan fingerprint density at radius 2 is 2.25 bits per heavy atom. The summed E-state index contributed by atoms with van der Waals surface area (Å²) < 4.78 is 0. The molecule has 0 radical (unpaired) electrons. The van der Waals surface area contributed by atoms with Crippen LogP contribution >= 0.6 is 0 Å². The summed E-state index contributed by atoms with van der Waals surface area (Å²) >= 11 is 0. The van der Waals surface area contributed by atoms with E-state index in [0.29, 0.717) is 0 Å². The van der Waals surface area contributed by atoms with Crippen LogP contribution in [0.3, 0.4) is 0 Å². The minimum Gasteiger partial charge on any atom is -0.385 e. The summed E-state index contributed by atoms with van der Waals surface area (Å²) in [5.41, 5.74) is 2.59. The van der Waals surface area contributed by atoms with Gasteiger partial charge in [0.1, 0.15) is 0 Å². The van der Waals surface area contributed by atoms with Gasteiger partial charge in [-0.1, -0.05) is 12.1 Å². The SMILES string of the molecule is Cc1cccc(NCC2CCCNCC2)c1. The van der Waals surface area contributed by atoms with Crippen LogP contribution in [0.4, 0.5) is 5.69 Å². The molecule has 0 saturated carbocycles. The molecule has 1 fully saturated rings. The van der Waals surface area contributed by atoms with Gasteiger partial charge < -0.3 is 10.6 Å². The molecule has 88 valence electrons. The van der Waals surface area contributed by atoms with Gasteiger partial charge in [0.05, 0.1) is 0 Å². The fourth-order valence-electron chi connectivity index (χ4n) is 2.31. The predicted molar refractivity (Wildman–Crippen MR) is 69.9 cm³/mol. The first-order valence-electron chi connectivity index (χ1n) is 6.36. The molecule has 2 N–H and O–H groups in total. The van der Waals surface area contributed by atoms with Crippen LogP contribution in [-0.4, -0.2) is 19.6 Å². The van der Waals surface area contributed by atoms with Gasteiger partial charge in [-0.25, -0.2) is 0 Å². The Labute approximate surface area is 98.4 Å². The second-order valence-electron chi connectivity index (χ2n) is 4.80. The van der Waals surface area contributed by atoms with Crippen LogP contribution in [0.2, 0.25) is 0 Å². The van der Waals surface area contributed by atoms with Crippen molar-refractivity contribution in [2.75, 3.05) is 25.0 Å². The molecule has 1 aliphatic heterocycles. The number of hydrogen-bond acceptors (Lipinski definition) is 2. The summed E-state index contributed by atoms with van der Waals surface area (Å²) in [5, 5.41) is 7.01. The van der Waals surface area contributed by atoms with E-state index in [-0.39, 0.29) is 0 Å². The van der Waals surface area contributed by atoms with Crippen LogP contribution in [0.25, 0.3) is 0 Å². The molecule has 1 aromatic carbocycles. The zero-order valence-corrected chi connectivity index (χ0v) is 10.1. The molecule has 1 aromatic rings. The number of rotatable bonds is 3. The monoisotopic (exact) mass is 218 g/mol. The average molecular weight is 218 g/mol. The highest BCUT2D eigenvalue weighted by Crippen LogP contribution is 2.16. The van der Waals surface area contributed by atoms with Crippen LogP contribution in [0.1, 0.15) is 24.8 Å². The zero-order chi connectivity index (χ0) is 11.2. The van der Waals surface area contributed by atoms with Crippen LogP contribution in [-0.2, 0) is 0 Å². The second-order valence-corrected chi connectivity index (χ2v) is 4.80. The summed E-state index contributed by atoms with van der Waals surface area (Å²) in [4.78, 5) is 0. The van der Waals surface area contributed by atoms with Gasteiger partial charge in [0, 0.05) is 12.2 Å². The van der Waals surface area contributed by atoms with Crippen molar-refractivity contribution >= 4 is 5.69 Å². The smallest absolute Gasteiger partial charge is 0.0342 e. The summed E-state index contributed by atoms with van der Waals surface area (Å²) in [6.45, 7) is 5.63. The summed E-state index contributed by atoms with van der Waals surface area (Å²) in [6, 6.07) is 8.63. The van der Waals surface area contributed by atoms with Gasteiger partial charge in [0.25, 0.3) is 0 Å². The maximum Gasteiger partial charge on any atom is 0.0342 e. The van der Waals surface area contributed by atoms with Gasteiger partial charge >= 0.3 is 0 Å². The third-order valence-electron chi connectivity index (χ3n) is 3.31. The molecule has 2 rings (SSSR count). The van der Waals surface area contributed by atoms with E-state index < -0.39 is 0 Å². The van der Waals surface area contributed by atoms with E-state index in [2.05, 4.69) is 41.8 Å². The highest BCUT2D eigenvalue weighted by molar-refractivity contribution is 5.45. The topological polar surface area (TPSA) is 24.1 Å². The normalized spacial score (nSPS) is 21.4. The number of aryl methyl sites for hydroxylation is 1. The van der Waals surface area contributed by atoms with E-state index in [1.165, 1.54) is 43.6 Å². The Hall–Kier alpha value is -1.02. The number of benzene rings is 1. The van der Waals surface area contributed by atoms with Gasteiger partial charge in [-0.15, -0.1) is 0 Å². The molecule has 0 spiro atoms. The molecular formula is C14H22N2. The highest BCUT2D eigenvalue weighted by Gasteiger charge is 2.11. The zero-order valence-electron chi connectivity index (χ0n) is 10.1. The molecule has 0 bridgehead atoms.